The van der Waals surface area contributed by atoms with Crippen LogP contribution in [0.5, 0.6) is 0 Å². The molecule has 0 fully saturated rings. The zero-order valence-corrected chi connectivity index (χ0v) is 12.1. The van der Waals surface area contributed by atoms with Crippen LogP contribution in [0.4, 0.5) is 22.0 Å². The molecule has 0 aliphatic carbocycles. The molecule has 0 aliphatic heterocycles. The van der Waals surface area contributed by atoms with Gasteiger partial charge >= 0.3 is 12.1 Å². The van der Waals surface area contributed by atoms with E-state index in [2.05, 4.69) is 0 Å². The van der Waals surface area contributed by atoms with Gasteiger partial charge in [-0.3, -0.25) is 4.79 Å². The van der Waals surface area contributed by atoms with E-state index in [1.807, 2.05) is 0 Å². The predicted molar refractivity (Wildman–Crippen MR) is 70.8 cm³/mol. The highest BCUT2D eigenvalue weighted by molar-refractivity contribution is 5.74. The molecule has 0 radical (unpaired) electrons. The van der Waals surface area contributed by atoms with Crippen molar-refractivity contribution >= 4 is 5.97 Å². The van der Waals surface area contributed by atoms with Crippen LogP contribution in [0.2, 0.25) is 0 Å². The Morgan fingerprint density at radius 1 is 1.17 bits per heavy atom. The number of carboxylic acid groups (broad SMARTS) is 1. The quantitative estimate of drug-likeness (QED) is 0.273. The number of hydrogen-bond donors (Lipinski definition) is 4. The lowest BCUT2D eigenvalue weighted by Gasteiger charge is -2.19. The third-order valence-electron chi connectivity index (χ3n) is 3.20. The second-order valence-corrected chi connectivity index (χ2v) is 5.04. The van der Waals surface area contributed by atoms with Crippen molar-refractivity contribution in [1.29, 1.82) is 0 Å². The molecule has 0 spiro atoms. The summed E-state index contributed by atoms with van der Waals surface area (Å²) in [4.78, 5) is 10.5. The summed E-state index contributed by atoms with van der Waals surface area (Å²) >= 11 is 0. The third-order valence-corrected chi connectivity index (χ3v) is 3.20. The standard InChI is InChI=1S/C13H20F5NO4/c14-11(15)7(13(16,17)18)5-3-1-2-4-6-8(20)10(21)9(19)12(22)23/h2,4,7-11,20-21H,1,3,5-6,19H2,(H,22,23)/b4-2+. The zero-order valence-electron chi connectivity index (χ0n) is 12.1. The molecule has 0 heterocycles. The molecule has 23 heavy (non-hydrogen) atoms. The lowest BCUT2D eigenvalue weighted by Crippen LogP contribution is -2.47. The Hall–Kier alpha value is -1.26. The van der Waals surface area contributed by atoms with Crippen molar-refractivity contribution in [2.75, 3.05) is 0 Å². The van der Waals surface area contributed by atoms with E-state index in [-0.39, 0.29) is 19.3 Å². The number of carbonyl (C=O) groups is 1. The number of rotatable bonds is 10. The molecule has 136 valence electrons. The number of aliphatic hydroxyl groups is 2. The fraction of sp³-hybridized carbons (Fsp3) is 0.769. The highest BCUT2D eigenvalue weighted by Gasteiger charge is 2.44. The molecule has 0 aromatic rings. The molecule has 4 unspecified atom stereocenters. The van der Waals surface area contributed by atoms with Crippen molar-refractivity contribution in [1.82, 2.24) is 0 Å². The van der Waals surface area contributed by atoms with Gasteiger partial charge in [-0.25, -0.2) is 8.78 Å². The van der Waals surface area contributed by atoms with E-state index < -0.39 is 49.2 Å². The van der Waals surface area contributed by atoms with Gasteiger partial charge in [-0.2, -0.15) is 13.2 Å². The molecule has 0 amide bonds. The minimum Gasteiger partial charge on any atom is -0.480 e. The summed E-state index contributed by atoms with van der Waals surface area (Å²) in [5.74, 6) is -4.16. The first-order valence-electron chi connectivity index (χ1n) is 6.82. The number of unbranched alkanes of at least 4 members (excludes halogenated alkanes) is 1. The first-order valence-corrected chi connectivity index (χ1v) is 6.82. The monoisotopic (exact) mass is 349 g/mol. The normalized spacial score (nSPS) is 18.1. The molecule has 4 atom stereocenters. The minimum absolute atomic E-state index is 0.0765. The number of carboxylic acids is 1. The van der Waals surface area contributed by atoms with E-state index in [9.17, 15) is 37.0 Å². The number of alkyl halides is 5. The molecule has 0 bridgehead atoms. The average Bonchev–Trinajstić information content (AvgIpc) is 2.42. The van der Waals surface area contributed by atoms with Gasteiger partial charge in [-0.15, -0.1) is 0 Å². The molecular formula is C13H20F5NO4. The van der Waals surface area contributed by atoms with Crippen LogP contribution in [-0.4, -0.2) is 52.1 Å². The maximum Gasteiger partial charge on any atom is 0.397 e. The van der Waals surface area contributed by atoms with Crippen LogP contribution < -0.4 is 5.73 Å². The van der Waals surface area contributed by atoms with Crippen LogP contribution >= 0.6 is 0 Å². The number of aliphatic carboxylic acids is 1. The Bertz CT molecular complexity index is 389. The van der Waals surface area contributed by atoms with Gasteiger partial charge in [0.2, 0.25) is 6.43 Å². The topological polar surface area (TPSA) is 104 Å². The molecule has 0 aromatic carbocycles. The summed E-state index contributed by atoms with van der Waals surface area (Å²) in [6.07, 6.45) is -9.86. The van der Waals surface area contributed by atoms with Gasteiger partial charge in [0.05, 0.1) is 6.10 Å². The predicted octanol–water partition coefficient (Wildman–Crippen LogP) is 1.68. The Kier molecular flexibility index (Phi) is 9.25. The Labute approximate surface area is 129 Å². The minimum atomic E-state index is -4.95. The highest BCUT2D eigenvalue weighted by Crippen LogP contribution is 2.34. The molecule has 5 nitrogen and oxygen atoms in total. The van der Waals surface area contributed by atoms with Crippen molar-refractivity contribution in [3.8, 4) is 0 Å². The van der Waals surface area contributed by atoms with Gasteiger partial charge in [0.25, 0.3) is 0 Å². The number of hydrogen-bond acceptors (Lipinski definition) is 4. The number of allylic oxidation sites excluding steroid dienone is 1. The van der Waals surface area contributed by atoms with Crippen LogP contribution in [0.15, 0.2) is 12.2 Å². The van der Waals surface area contributed by atoms with Gasteiger partial charge in [-0.1, -0.05) is 12.2 Å². The summed E-state index contributed by atoms with van der Waals surface area (Å²) in [6.45, 7) is 0. The SMILES string of the molecule is NC(C(=O)O)C(O)C(O)C/C=C/CCCC(C(F)F)C(F)(F)F. The van der Waals surface area contributed by atoms with Gasteiger partial charge in [0.1, 0.15) is 18.1 Å². The maximum atomic E-state index is 12.3. The lowest BCUT2D eigenvalue weighted by atomic mass is 10.0. The van der Waals surface area contributed by atoms with Crippen molar-refractivity contribution < 1.29 is 42.1 Å². The van der Waals surface area contributed by atoms with E-state index >= 15 is 0 Å². The van der Waals surface area contributed by atoms with Crippen molar-refractivity contribution in [3.05, 3.63) is 12.2 Å². The van der Waals surface area contributed by atoms with Gasteiger partial charge < -0.3 is 21.1 Å². The summed E-state index contributed by atoms with van der Waals surface area (Å²) in [5, 5.41) is 27.4. The molecule has 10 heteroatoms. The van der Waals surface area contributed by atoms with Crippen LogP contribution in [0.1, 0.15) is 25.7 Å². The third kappa shape index (κ3) is 8.24. The number of halogens is 5. The van der Waals surface area contributed by atoms with E-state index in [1.54, 1.807) is 0 Å². The van der Waals surface area contributed by atoms with Crippen LogP contribution in [0.3, 0.4) is 0 Å². The van der Waals surface area contributed by atoms with Crippen molar-refractivity contribution in [2.45, 2.75) is 56.5 Å². The van der Waals surface area contributed by atoms with Crippen LogP contribution in [-0.2, 0) is 4.79 Å². The fourth-order valence-electron chi connectivity index (χ4n) is 1.77. The van der Waals surface area contributed by atoms with Crippen LogP contribution in [0, 0.1) is 5.92 Å². The second-order valence-electron chi connectivity index (χ2n) is 5.04. The second kappa shape index (κ2) is 9.78. The van der Waals surface area contributed by atoms with E-state index in [4.69, 9.17) is 10.8 Å². The summed E-state index contributed by atoms with van der Waals surface area (Å²) in [5.41, 5.74) is 5.10. The molecule has 0 rings (SSSR count). The molecule has 0 aromatic heterocycles. The first kappa shape index (κ1) is 21.7. The Morgan fingerprint density at radius 2 is 1.74 bits per heavy atom. The average molecular weight is 349 g/mol. The van der Waals surface area contributed by atoms with E-state index in [0.717, 1.165) is 0 Å². The van der Waals surface area contributed by atoms with Gasteiger partial charge in [0.15, 0.2) is 0 Å². The fourth-order valence-corrected chi connectivity index (χ4v) is 1.77. The molecule has 0 saturated carbocycles. The molecule has 5 N–H and O–H groups in total. The smallest absolute Gasteiger partial charge is 0.397 e. The Balaban J connectivity index is 4.15. The zero-order chi connectivity index (χ0) is 18.2. The summed E-state index contributed by atoms with van der Waals surface area (Å²) in [7, 11) is 0. The van der Waals surface area contributed by atoms with Crippen molar-refractivity contribution in [3.63, 3.8) is 0 Å². The Morgan fingerprint density at radius 3 is 2.17 bits per heavy atom. The largest absolute Gasteiger partial charge is 0.480 e. The molecule has 0 aliphatic rings. The van der Waals surface area contributed by atoms with E-state index in [0.29, 0.717) is 0 Å². The number of aliphatic hydroxyl groups excluding tert-OH is 2. The maximum absolute atomic E-state index is 12.3. The lowest BCUT2D eigenvalue weighted by molar-refractivity contribution is -0.208. The van der Waals surface area contributed by atoms with Crippen molar-refractivity contribution in [2.24, 2.45) is 11.7 Å². The summed E-state index contributed by atoms with van der Waals surface area (Å²) in [6, 6.07) is -1.67. The number of nitrogens with two attached hydrogens (primary N) is 1. The van der Waals surface area contributed by atoms with E-state index in [1.165, 1.54) is 12.2 Å². The van der Waals surface area contributed by atoms with Gasteiger partial charge in [-0.05, 0) is 25.7 Å². The molecule has 0 saturated heterocycles. The highest BCUT2D eigenvalue weighted by atomic mass is 19.4. The van der Waals surface area contributed by atoms with Gasteiger partial charge in [0, 0.05) is 0 Å². The van der Waals surface area contributed by atoms with Crippen LogP contribution in [0.25, 0.3) is 0 Å². The first-order chi connectivity index (χ1) is 10.5. The summed E-state index contributed by atoms with van der Waals surface area (Å²) < 4.78 is 61.3. The molecular weight excluding hydrogens is 329 g/mol.